The quantitative estimate of drug-likeness (QED) is 0.842. The SMILES string of the molecule is CC1(C(=O)NC(CBr)c2ccccc2)CCCC1. The minimum atomic E-state index is -0.158. The largest absolute Gasteiger partial charge is 0.348 e. The predicted molar refractivity (Wildman–Crippen MR) is 77.7 cm³/mol. The molecule has 1 unspecified atom stereocenters. The van der Waals surface area contributed by atoms with Crippen LogP contribution in [0.2, 0.25) is 0 Å². The number of hydrogen-bond acceptors (Lipinski definition) is 1. The third-order valence-electron chi connectivity index (χ3n) is 3.92. The van der Waals surface area contributed by atoms with Crippen molar-refractivity contribution in [3.05, 3.63) is 35.9 Å². The van der Waals surface area contributed by atoms with Crippen LogP contribution in [-0.4, -0.2) is 11.2 Å². The fourth-order valence-corrected chi connectivity index (χ4v) is 3.15. The van der Waals surface area contributed by atoms with Crippen LogP contribution in [0.5, 0.6) is 0 Å². The molecule has 1 aromatic rings. The van der Waals surface area contributed by atoms with Gasteiger partial charge in [-0.3, -0.25) is 4.79 Å². The van der Waals surface area contributed by atoms with E-state index in [0.717, 1.165) is 23.7 Å². The maximum absolute atomic E-state index is 12.4. The van der Waals surface area contributed by atoms with E-state index in [1.54, 1.807) is 0 Å². The first-order chi connectivity index (χ1) is 8.65. The van der Waals surface area contributed by atoms with Gasteiger partial charge in [-0.2, -0.15) is 0 Å². The molecule has 3 heteroatoms. The highest BCUT2D eigenvalue weighted by Crippen LogP contribution is 2.38. The van der Waals surface area contributed by atoms with Gasteiger partial charge >= 0.3 is 0 Å². The third kappa shape index (κ3) is 2.94. The summed E-state index contributed by atoms with van der Waals surface area (Å²) in [6.07, 6.45) is 4.38. The van der Waals surface area contributed by atoms with Crippen LogP contribution in [0.15, 0.2) is 30.3 Å². The zero-order chi connectivity index (χ0) is 13.0. The van der Waals surface area contributed by atoms with Crippen LogP contribution in [0.4, 0.5) is 0 Å². The van der Waals surface area contributed by atoms with E-state index in [1.807, 2.05) is 18.2 Å². The lowest BCUT2D eigenvalue weighted by atomic mass is 9.87. The van der Waals surface area contributed by atoms with Gasteiger partial charge in [0.05, 0.1) is 6.04 Å². The van der Waals surface area contributed by atoms with E-state index >= 15 is 0 Å². The van der Waals surface area contributed by atoms with E-state index in [2.05, 4.69) is 40.3 Å². The molecule has 1 aromatic carbocycles. The molecule has 0 heterocycles. The molecule has 1 fully saturated rings. The maximum atomic E-state index is 12.4. The minimum absolute atomic E-state index is 0.0659. The summed E-state index contributed by atoms with van der Waals surface area (Å²) in [5, 5.41) is 3.93. The van der Waals surface area contributed by atoms with Crippen molar-refractivity contribution in [3.63, 3.8) is 0 Å². The standard InChI is InChI=1S/C15H20BrNO/c1-15(9-5-6-10-15)14(18)17-13(11-16)12-7-3-2-4-8-12/h2-4,7-8,13H,5-6,9-11H2,1H3,(H,17,18). The summed E-state index contributed by atoms with van der Waals surface area (Å²) in [6.45, 7) is 2.09. The summed E-state index contributed by atoms with van der Waals surface area (Å²) < 4.78 is 0. The van der Waals surface area contributed by atoms with Crippen molar-refractivity contribution in [1.29, 1.82) is 0 Å². The molecule has 1 saturated carbocycles. The molecule has 0 radical (unpaired) electrons. The molecule has 0 aromatic heterocycles. The fourth-order valence-electron chi connectivity index (χ4n) is 2.61. The molecule has 1 N–H and O–H groups in total. The summed E-state index contributed by atoms with van der Waals surface area (Å²) in [5.74, 6) is 0.202. The molecule has 2 nitrogen and oxygen atoms in total. The Morgan fingerprint density at radius 2 is 1.94 bits per heavy atom. The maximum Gasteiger partial charge on any atom is 0.226 e. The van der Waals surface area contributed by atoms with Gasteiger partial charge in [0.1, 0.15) is 0 Å². The Morgan fingerprint density at radius 3 is 2.50 bits per heavy atom. The number of halogens is 1. The average molecular weight is 310 g/mol. The van der Waals surface area contributed by atoms with Crippen LogP contribution in [0, 0.1) is 5.41 Å². The smallest absolute Gasteiger partial charge is 0.226 e. The van der Waals surface area contributed by atoms with E-state index in [-0.39, 0.29) is 17.4 Å². The van der Waals surface area contributed by atoms with Gasteiger partial charge in [-0.1, -0.05) is 66.0 Å². The van der Waals surface area contributed by atoms with Crippen molar-refractivity contribution in [1.82, 2.24) is 5.32 Å². The topological polar surface area (TPSA) is 29.1 Å². The second-order valence-corrected chi connectivity index (χ2v) is 6.01. The summed E-state index contributed by atoms with van der Waals surface area (Å²) in [5.41, 5.74) is 0.999. The summed E-state index contributed by atoms with van der Waals surface area (Å²) >= 11 is 3.49. The van der Waals surface area contributed by atoms with Crippen molar-refractivity contribution in [3.8, 4) is 0 Å². The van der Waals surface area contributed by atoms with Crippen LogP contribution in [0.1, 0.15) is 44.2 Å². The summed E-state index contributed by atoms with van der Waals surface area (Å²) in [7, 11) is 0. The number of carbonyl (C=O) groups excluding carboxylic acids is 1. The lowest BCUT2D eigenvalue weighted by Crippen LogP contribution is -2.39. The number of benzene rings is 1. The van der Waals surface area contributed by atoms with Gasteiger partial charge in [0.15, 0.2) is 0 Å². The molecular weight excluding hydrogens is 290 g/mol. The molecule has 2 rings (SSSR count). The first-order valence-corrected chi connectivity index (χ1v) is 7.70. The van der Waals surface area contributed by atoms with Crippen LogP contribution < -0.4 is 5.32 Å². The van der Waals surface area contributed by atoms with Crippen molar-refractivity contribution >= 4 is 21.8 Å². The average Bonchev–Trinajstić information content (AvgIpc) is 2.85. The Bertz CT molecular complexity index is 398. The van der Waals surface area contributed by atoms with Crippen LogP contribution in [-0.2, 0) is 4.79 Å². The second kappa shape index (κ2) is 5.87. The highest BCUT2D eigenvalue weighted by Gasteiger charge is 2.36. The predicted octanol–water partition coefficient (Wildman–Crippen LogP) is 3.82. The number of rotatable bonds is 4. The summed E-state index contributed by atoms with van der Waals surface area (Å²) in [4.78, 5) is 12.4. The lowest BCUT2D eigenvalue weighted by Gasteiger charge is -2.26. The van der Waals surface area contributed by atoms with Gasteiger partial charge in [-0.25, -0.2) is 0 Å². The molecule has 1 atom stereocenters. The number of carbonyl (C=O) groups is 1. The van der Waals surface area contributed by atoms with Crippen molar-refractivity contribution < 1.29 is 4.79 Å². The lowest BCUT2D eigenvalue weighted by molar-refractivity contribution is -0.130. The molecule has 18 heavy (non-hydrogen) atoms. The minimum Gasteiger partial charge on any atom is -0.348 e. The molecule has 0 aliphatic heterocycles. The number of alkyl halides is 1. The second-order valence-electron chi connectivity index (χ2n) is 5.36. The van der Waals surface area contributed by atoms with E-state index in [9.17, 15) is 4.79 Å². The molecule has 1 aliphatic carbocycles. The van der Waals surface area contributed by atoms with Gasteiger partial charge in [-0.05, 0) is 18.4 Å². The molecule has 0 bridgehead atoms. The normalized spacial score (nSPS) is 19.4. The van der Waals surface area contributed by atoms with E-state index < -0.39 is 0 Å². The van der Waals surface area contributed by atoms with Crippen molar-refractivity contribution in [2.45, 2.75) is 38.6 Å². The Labute approximate surface area is 117 Å². The number of nitrogens with one attached hydrogen (secondary N) is 1. The number of amides is 1. The summed E-state index contributed by atoms with van der Waals surface area (Å²) in [6, 6.07) is 10.2. The van der Waals surface area contributed by atoms with Gasteiger partial charge in [-0.15, -0.1) is 0 Å². The Hall–Kier alpha value is -0.830. The first kappa shape index (κ1) is 13.6. The Morgan fingerprint density at radius 1 is 1.33 bits per heavy atom. The third-order valence-corrected chi connectivity index (χ3v) is 4.56. The van der Waals surface area contributed by atoms with E-state index in [1.165, 1.54) is 12.8 Å². The molecule has 1 amide bonds. The van der Waals surface area contributed by atoms with Crippen molar-refractivity contribution in [2.75, 3.05) is 5.33 Å². The highest BCUT2D eigenvalue weighted by atomic mass is 79.9. The van der Waals surface area contributed by atoms with Crippen molar-refractivity contribution in [2.24, 2.45) is 5.41 Å². The molecule has 0 saturated heterocycles. The zero-order valence-corrected chi connectivity index (χ0v) is 12.4. The van der Waals surface area contributed by atoms with E-state index in [4.69, 9.17) is 0 Å². The van der Waals surface area contributed by atoms with Crippen LogP contribution in [0.25, 0.3) is 0 Å². The zero-order valence-electron chi connectivity index (χ0n) is 10.8. The molecular formula is C15H20BrNO. The fraction of sp³-hybridized carbons (Fsp3) is 0.533. The Kier molecular flexibility index (Phi) is 4.44. The first-order valence-electron chi connectivity index (χ1n) is 6.57. The van der Waals surface area contributed by atoms with Crippen LogP contribution >= 0.6 is 15.9 Å². The molecule has 98 valence electrons. The van der Waals surface area contributed by atoms with Gasteiger partial charge in [0, 0.05) is 10.7 Å². The van der Waals surface area contributed by atoms with Gasteiger partial charge in [0.25, 0.3) is 0 Å². The Balaban J connectivity index is 2.05. The van der Waals surface area contributed by atoms with Crippen LogP contribution in [0.3, 0.4) is 0 Å². The molecule has 0 spiro atoms. The molecule has 1 aliphatic rings. The number of hydrogen-bond donors (Lipinski definition) is 1. The van der Waals surface area contributed by atoms with Gasteiger partial charge < -0.3 is 5.32 Å². The van der Waals surface area contributed by atoms with Gasteiger partial charge in [0.2, 0.25) is 5.91 Å². The monoisotopic (exact) mass is 309 g/mol. The van der Waals surface area contributed by atoms with E-state index in [0.29, 0.717) is 0 Å². The highest BCUT2D eigenvalue weighted by molar-refractivity contribution is 9.09.